The number of carbonyl (C=O) groups is 2. The van der Waals surface area contributed by atoms with Crippen molar-refractivity contribution < 1.29 is 14.3 Å². The van der Waals surface area contributed by atoms with E-state index in [0.29, 0.717) is 13.0 Å². The van der Waals surface area contributed by atoms with Gasteiger partial charge in [-0.1, -0.05) is 0 Å². The first-order valence-electron chi connectivity index (χ1n) is 6.08. The first-order chi connectivity index (χ1) is 9.70. The molecule has 0 spiro atoms. The first kappa shape index (κ1) is 14.2. The number of thiazole rings is 1. The van der Waals surface area contributed by atoms with Crippen molar-refractivity contribution in [1.82, 2.24) is 20.3 Å². The van der Waals surface area contributed by atoms with Crippen molar-refractivity contribution in [3.8, 4) is 0 Å². The van der Waals surface area contributed by atoms with E-state index >= 15 is 0 Å². The van der Waals surface area contributed by atoms with Crippen LogP contribution in [-0.4, -0.2) is 40.0 Å². The van der Waals surface area contributed by atoms with Crippen molar-refractivity contribution in [2.75, 3.05) is 13.2 Å². The highest BCUT2D eigenvalue weighted by molar-refractivity contribution is 7.11. The zero-order valence-electron chi connectivity index (χ0n) is 10.9. The number of rotatable bonds is 6. The third-order valence-electron chi connectivity index (χ3n) is 2.42. The summed E-state index contributed by atoms with van der Waals surface area (Å²) >= 11 is 1.09. The number of ether oxygens (including phenoxy) is 1. The van der Waals surface area contributed by atoms with Crippen molar-refractivity contribution >= 4 is 23.2 Å². The summed E-state index contributed by atoms with van der Waals surface area (Å²) in [4.78, 5) is 34.0. The minimum absolute atomic E-state index is 0.186. The zero-order valence-corrected chi connectivity index (χ0v) is 11.7. The van der Waals surface area contributed by atoms with Gasteiger partial charge in [0.1, 0.15) is 5.69 Å². The van der Waals surface area contributed by atoms with Crippen LogP contribution in [0, 0.1) is 0 Å². The summed E-state index contributed by atoms with van der Waals surface area (Å²) in [7, 11) is 0. The maximum Gasteiger partial charge on any atom is 0.367 e. The minimum atomic E-state index is -0.506. The molecule has 7 nitrogen and oxygen atoms in total. The van der Waals surface area contributed by atoms with E-state index in [9.17, 15) is 9.59 Å². The van der Waals surface area contributed by atoms with Gasteiger partial charge in [-0.2, -0.15) is 0 Å². The number of aromatic nitrogens is 3. The van der Waals surface area contributed by atoms with Gasteiger partial charge >= 0.3 is 5.97 Å². The maximum absolute atomic E-state index is 11.8. The SMILES string of the molecule is CCOC(=O)c1nc(C(=O)NCCc2cnc[nH]2)cs1. The number of amides is 1. The molecule has 2 heterocycles. The molecule has 0 aromatic carbocycles. The molecule has 0 saturated heterocycles. The zero-order chi connectivity index (χ0) is 14.4. The smallest absolute Gasteiger partial charge is 0.367 e. The van der Waals surface area contributed by atoms with Crippen molar-refractivity contribution in [3.05, 3.63) is 34.3 Å². The molecule has 2 aromatic heterocycles. The minimum Gasteiger partial charge on any atom is -0.461 e. The van der Waals surface area contributed by atoms with Crippen LogP contribution in [0.5, 0.6) is 0 Å². The average Bonchev–Trinajstić information content (AvgIpc) is 3.10. The van der Waals surface area contributed by atoms with Gasteiger partial charge in [-0.05, 0) is 6.92 Å². The topological polar surface area (TPSA) is 97.0 Å². The van der Waals surface area contributed by atoms with Crippen LogP contribution < -0.4 is 5.32 Å². The number of nitrogens with one attached hydrogen (secondary N) is 2. The van der Waals surface area contributed by atoms with Gasteiger partial charge in [0.05, 0.1) is 12.9 Å². The Labute approximate surface area is 119 Å². The predicted molar refractivity (Wildman–Crippen MR) is 72.7 cm³/mol. The largest absolute Gasteiger partial charge is 0.461 e. The Morgan fingerprint density at radius 3 is 3.05 bits per heavy atom. The first-order valence-corrected chi connectivity index (χ1v) is 6.96. The lowest BCUT2D eigenvalue weighted by Crippen LogP contribution is -2.26. The van der Waals surface area contributed by atoms with Crippen LogP contribution in [0.4, 0.5) is 0 Å². The fourth-order valence-corrected chi connectivity index (χ4v) is 2.18. The third-order valence-corrected chi connectivity index (χ3v) is 3.24. The number of esters is 1. The molecule has 0 atom stereocenters. The van der Waals surface area contributed by atoms with Gasteiger partial charge in [0.25, 0.3) is 5.91 Å². The molecule has 0 radical (unpaired) electrons. The van der Waals surface area contributed by atoms with Gasteiger partial charge in [-0.15, -0.1) is 11.3 Å². The van der Waals surface area contributed by atoms with E-state index in [2.05, 4.69) is 20.3 Å². The quantitative estimate of drug-likeness (QED) is 0.775. The maximum atomic E-state index is 11.8. The fourth-order valence-electron chi connectivity index (χ4n) is 1.49. The van der Waals surface area contributed by atoms with E-state index in [1.165, 1.54) is 5.38 Å². The molecular formula is C12H14N4O3S. The molecule has 0 aliphatic carbocycles. The number of H-pyrrole nitrogens is 1. The second-order valence-corrected chi connectivity index (χ2v) is 4.70. The molecule has 8 heteroatoms. The highest BCUT2D eigenvalue weighted by Gasteiger charge is 2.15. The number of imidazole rings is 1. The molecule has 106 valence electrons. The normalized spacial score (nSPS) is 10.2. The van der Waals surface area contributed by atoms with Gasteiger partial charge < -0.3 is 15.0 Å². The molecule has 0 saturated carbocycles. The number of nitrogens with zero attached hydrogens (tertiary/aromatic N) is 2. The van der Waals surface area contributed by atoms with Crippen LogP contribution in [0.25, 0.3) is 0 Å². The Balaban J connectivity index is 1.84. The summed E-state index contributed by atoms with van der Waals surface area (Å²) in [5.41, 5.74) is 1.17. The van der Waals surface area contributed by atoms with Crippen molar-refractivity contribution in [1.29, 1.82) is 0 Å². The molecular weight excluding hydrogens is 280 g/mol. The van der Waals surface area contributed by atoms with Gasteiger partial charge in [-0.3, -0.25) is 4.79 Å². The molecule has 0 bridgehead atoms. The van der Waals surface area contributed by atoms with E-state index in [-0.39, 0.29) is 23.2 Å². The van der Waals surface area contributed by atoms with Gasteiger partial charge in [-0.25, -0.2) is 14.8 Å². The summed E-state index contributed by atoms with van der Waals surface area (Å²) in [5.74, 6) is -0.815. The number of hydrogen-bond acceptors (Lipinski definition) is 6. The molecule has 0 unspecified atom stereocenters. The lowest BCUT2D eigenvalue weighted by molar-refractivity contribution is 0.0526. The molecule has 0 fully saturated rings. The lowest BCUT2D eigenvalue weighted by Gasteiger charge is -2.01. The number of hydrogen-bond donors (Lipinski definition) is 2. The van der Waals surface area contributed by atoms with Crippen LogP contribution in [0.3, 0.4) is 0 Å². The van der Waals surface area contributed by atoms with E-state index < -0.39 is 5.97 Å². The summed E-state index contributed by atoms with van der Waals surface area (Å²) in [6.45, 7) is 2.46. The summed E-state index contributed by atoms with van der Waals surface area (Å²) in [5, 5.41) is 4.45. The second-order valence-electron chi connectivity index (χ2n) is 3.84. The third kappa shape index (κ3) is 3.64. The van der Waals surface area contributed by atoms with E-state index in [0.717, 1.165) is 17.0 Å². The molecule has 0 aliphatic heterocycles. The Morgan fingerprint density at radius 2 is 2.35 bits per heavy atom. The van der Waals surface area contributed by atoms with Gasteiger partial charge in [0.2, 0.25) is 5.01 Å². The second kappa shape index (κ2) is 6.80. The fraction of sp³-hybridized carbons (Fsp3) is 0.333. The van der Waals surface area contributed by atoms with Crippen LogP contribution in [0.1, 0.15) is 32.9 Å². The van der Waals surface area contributed by atoms with Crippen molar-refractivity contribution in [3.63, 3.8) is 0 Å². The van der Waals surface area contributed by atoms with Crippen LogP contribution in [0.15, 0.2) is 17.9 Å². The van der Waals surface area contributed by atoms with Crippen molar-refractivity contribution in [2.45, 2.75) is 13.3 Å². The summed E-state index contributed by atoms with van der Waals surface area (Å²) in [6.07, 6.45) is 3.94. The Hall–Kier alpha value is -2.22. The van der Waals surface area contributed by atoms with Crippen molar-refractivity contribution in [2.24, 2.45) is 0 Å². The highest BCUT2D eigenvalue weighted by atomic mass is 32.1. The van der Waals surface area contributed by atoms with E-state index in [4.69, 9.17) is 4.74 Å². The average molecular weight is 294 g/mol. The molecule has 2 aromatic rings. The van der Waals surface area contributed by atoms with Gasteiger partial charge in [0.15, 0.2) is 0 Å². The Kier molecular flexibility index (Phi) is 4.83. The van der Waals surface area contributed by atoms with Crippen LogP contribution in [0.2, 0.25) is 0 Å². The van der Waals surface area contributed by atoms with Crippen LogP contribution >= 0.6 is 11.3 Å². The molecule has 1 amide bonds. The predicted octanol–water partition coefficient (Wildman–Crippen LogP) is 1.02. The Morgan fingerprint density at radius 1 is 1.50 bits per heavy atom. The van der Waals surface area contributed by atoms with E-state index in [1.54, 1.807) is 19.4 Å². The lowest BCUT2D eigenvalue weighted by atomic mass is 10.3. The summed E-state index contributed by atoms with van der Waals surface area (Å²) in [6, 6.07) is 0. The number of aromatic amines is 1. The monoisotopic (exact) mass is 294 g/mol. The highest BCUT2D eigenvalue weighted by Crippen LogP contribution is 2.11. The van der Waals surface area contributed by atoms with Crippen LogP contribution in [-0.2, 0) is 11.2 Å². The standard InChI is InChI=1S/C12H14N4O3S/c1-2-19-12(18)11-16-9(6-20-11)10(17)14-4-3-8-5-13-7-15-8/h5-7H,2-4H2,1H3,(H,13,15)(H,14,17). The molecule has 2 N–H and O–H groups in total. The molecule has 2 rings (SSSR count). The molecule has 0 aliphatic rings. The summed E-state index contributed by atoms with van der Waals surface area (Å²) < 4.78 is 4.82. The van der Waals surface area contributed by atoms with Gasteiger partial charge in [0, 0.05) is 30.2 Å². The Bertz CT molecular complexity index is 579. The molecule has 20 heavy (non-hydrogen) atoms. The number of carbonyl (C=O) groups excluding carboxylic acids is 2. The van der Waals surface area contributed by atoms with E-state index in [1.807, 2.05) is 0 Å².